The largest absolute Gasteiger partial charge is 0.463 e. The van der Waals surface area contributed by atoms with E-state index in [1.165, 1.54) is 44.2 Å². The van der Waals surface area contributed by atoms with Gasteiger partial charge in [-0.3, -0.25) is 4.79 Å². The van der Waals surface area contributed by atoms with Crippen LogP contribution in [0, 0.1) is 11.8 Å². The molecule has 0 saturated heterocycles. The molecule has 2 saturated carbocycles. The van der Waals surface area contributed by atoms with E-state index in [0.717, 1.165) is 37.8 Å². The Hall–Kier alpha value is -1.56. The lowest BCUT2D eigenvalue weighted by atomic mass is 9.77. The van der Waals surface area contributed by atoms with E-state index in [4.69, 9.17) is 4.74 Å². The maximum atomic E-state index is 13.1. The third-order valence-corrected chi connectivity index (χ3v) is 7.09. The predicted molar refractivity (Wildman–Crippen MR) is 120 cm³/mol. The van der Waals surface area contributed by atoms with Gasteiger partial charge in [-0.25, -0.2) is 0 Å². The van der Waals surface area contributed by atoms with Crippen LogP contribution in [0.3, 0.4) is 0 Å². The standard InChI is InChI=1S/C26H38F3NO2/c1-18(2)32-24(31)16-21-10-6-7-11-23(30-17-19-8-4-3-5-9-19)25(21)20-12-14-22(15-13-20)26(27,28)29/h12-15,18-19,21,23,25,30H,3-11,16-17H2,1-2H3/t21-,23-,25-/m1/s1. The number of hydrogen-bond acceptors (Lipinski definition) is 3. The molecule has 180 valence electrons. The molecule has 2 fully saturated rings. The fourth-order valence-electron chi connectivity index (χ4n) is 5.55. The smallest absolute Gasteiger partial charge is 0.416 e. The van der Waals surface area contributed by atoms with E-state index in [9.17, 15) is 18.0 Å². The lowest BCUT2D eigenvalue weighted by Gasteiger charge is -2.34. The third-order valence-electron chi connectivity index (χ3n) is 7.09. The highest BCUT2D eigenvalue weighted by molar-refractivity contribution is 5.70. The monoisotopic (exact) mass is 453 g/mol. The number of esters is 1. The number of alkyl halides is 3. The zero-order valence-electron chi connectivity index (χ0n) is 19.4. The quantitative estimate of drug-likeness (QED) is 0.362. The van der Waals surface area contributed by atoms with Crippen molar-refractivity contribution in [1.82, 2.24) is 5.32 Å². The molecule has 6 heteroatoms. The second kappa shape index (κ2) is 11.5. The molecule has 0 spiro atoms. The Kier molecular flexibility index (Phi) is 9.04. The average Bonchev–Trinajstić information content (AvgIpc) is 2.94. The van der Waals surface area contributed by atoms with E-state index in [1.54, 1.807) is 12.1 Å². The first kappa shape index (κ1) is 25.1. The second-order valence-corrected chi connectivity index (χ2v) is 9.95. The molecule has 0 radical (unpaired) electrons. The third kappa shape index (κ3) is 7.23. The molecule has 1 aromatic rings. The molecule has 0 unspecified atom stereocenters. The summed E-state index contributed by atoms with van der Waals surface area (Å²) in [6.45, 7) is 4.63. The van der Waals surface area contributed by atoms with Gasteiger partial charge in [-0.05, 0) is 75.6 Å². The van der Waals surface area contributed by atoms with Crippen molar-refractivity contribution in [2.24, 2.45) is 11.8 Å². The van der Waals surface area contributed by atoms with Crippen molar-refractivity contribution in [3.05, 3.63) is 35.4 Å². The van der Waals surface area contributed by atoms with Gasteiger partial charge in [-0.15, -0.1) is 0 Å². The van der Waals surface area contributed by atoms with Crippen LogP contribution in [0.5, 0.6) is 0 Å². The lowest BCUT2D eigenvalue weighted by molar-refractivity contribution is -0.148. The van der Waals surface area contributed by atoms with Crippen LogP contribution in [-0.4, -0.2) is 24.7 Å². The van der Waals surface area contributed by atoms with Crippen LogP contribution in [0.2, 0.25) is 0 Å². The molecule has 32 heavy (non-hydrogen) atoms. The van der Waals surface area contributed by atoms with Gasteiger partial charge in [0.2, 0.25) is 0 Å². The molecule has 0 amide bonds. The van der Waals surface area contributed by atoms with E-state index >= 15 is 0 Å². The minimum absolute atomic E-state index is 0.00286. The van der Waals surface area contributed by atoms with Crippen LogP contribution in [0.15, 0.2) is 24.3 Å². The summed E-state index contributed by atoms with van der Waals surface area (Å²) in [7, 11) is 0. The van der Waals surface area contributed by atoms with Gasteiger partial charge < -0.3 is 10.1 Å². The average molecular weight is 454 g/mol. The van der Waals surface area contributed by atoms with E-state index < -0.39 is 11.7 Å². The number of hydrogen-bond donors (Lipinski definition) is 1. The number of ether oxygens (including phenoxy) is 1. The van der Waals surface area contributed by atoms with Gasteiger partial charge in [0.05, 0.1) is 11.7 Å². The molecule has 2 aliphatic rings. The molecular weight excluding hydrogens is 415 g/mol. The second-order valence-electron chi connectivity index (χ2n) is 9.95. The van der Waals surface area contributed by atoms with Gasteiger partial charge in [0.1, 0.15) is 0 Å². The fraction of sp³-hybridized carbons (Fsp3) is 0.731. The number of benzene rings is 1. The summed E-state index contributed by atoms with van der Waals surface area (Å²) in [5.41, 5.74) is 0.265. The predicted octanol–water partition coefficient (Wildman–Crippen LogP) is 6.86. The molecule has 3 atom stereocenters. The molecule has 3 rings (SSSR count). The normalized spacial score (nSPS) is 25.5. The molecule has 0 aliphatic heterocycles. The first-order chi connectivity index (χ1) is 15.2. The lowest BCUT2D eigenvalue weighted by Crippen LogP contribution is -2.40. The van der Waals surface area contributed by atoms with Crippen molar-refractivity contribution in [2.75, 3.05) is 6.54 Å². The highest BCUT2D eigenvalue weighted by Gasteiger charge is 2.36. The maximum Gasteiger partial charge on any atom is 0.416 e. The van der Waals surface area contributed by atoms with E-state index in [0.29, 0.717) is 12.3 Å². The number of carbonyl (C=O) groups excluding carboxylic acids is 1. The van der Waals surface area contributed by atoms with Crippen LogP contribution >= 0.6 is 0 Å². The fourth-order valence-corrected chi connectivity index (χ4v) is 5.55. The highest BCUT2D eigenvalue weighted by Crippen LogP contribution is 2.40. The molecule has 0 bridgehead atoms. The van der Waals surface area contributed by atoms with Gasteiger partial charge in [-0.1, -0.05) is 44.2 Å². The van der Waals surface area contributed by atoms with Crippen molar-refractivity contribution in [3.8, 4) is 0 Å². The van der Waals surface area contributed by atoms with Crippen molar-refractivity contribution in [1.29, 1.82) is 0 Å². The molecule has 3 nitrogen and oxygen atoms in total. The summed E-state index contributed by atoms with van der Waals surface area (Å²) in [4.78, 5) is 12.5. The van der Waals surface area contributed by atoms with Crippen molar-refractivity contribution in [2.45, 2.75) is 102 Å². The van der Waals surface area contributed by atoms with Crippen LogP contribution in [-0.2, 0) is 15.7 Å². The first-order valence-electron chi connectivity index (χ1n) is 12.3. The molecule has 2 aliphatic carbocycles. The zero-order valence-corrected chi connectivity index (χ0v) is 19.4. The Labute approximate surface area is 190 Å². The summed E-state index contributed by atoms with van der Waals surface area (Å²) < 4.78 is 44.8. The van der Waals surface area contributed by atoms with Gasteiger partial charge in [0.15, 0.2) is 0 Å². The van der Waals surface area contributed by atoms with Gasteiger partial charge in [-0.2, -0.15) is 13.2 Å². The van der Waals surface area contributed by atoms with Crippen molar-refractivity contribution < 1.29 is 22.7 Å². The molecule has 1 N–H and O–H groups in total. The number of nitrogens with one attached hydrogen (secondary N) is 1. The maximum absolute atomic E-state index is 13.1. The van der Waals surface area contributed by atoms with Crippen molar-refractivity contribution >= 4 is 5.97 Å². The molecular formula is C26H38F3NO2. The Bertz CT molecular complexity index is 711. The topological polar surface area (TPSA) is 38.3 Å². The van der Waals surface area contributed by atoms with Crippen LogP contribution in [0.1, 0.15) is 95.1 Å². The Morgan fingerprint density at radius 1 is 1.00 bits per heavy atom. The summed E-state index contributed by atoms with van der Waals surface area (Å²) in [5.74, 6) is 0.520. The highest BCUT2D eigenvalue weighted by atomic mass is 19.4. The molecule has 0 aromatic heterocycles. The molecule has 1 aromatic carbocycles. The Morgan fingerprint density at radius 2 is 1.62 bits per heavy atom. The minimum Gasteiger partial charge on any atom is -0.463 e. The number of halogens is 3. The van der Waals surface area contributed by atoms with Crippen molar-refractivity contribution in [3.63, 3.8) is 0 Å². The number of rotatable bonds is 7. The van der Waals surface area contributed by atoms with Crippen LogP contribution < -0.4 is 5.32 Å². The first-order valence-corrected chi connectivity index (χ1v) is 12.3. The summed E-state index contributed by atoms with van der Waals surface area (Å²) in [6.07, 6.45) is 6.12. The Balaban J connectivity index is 1.82. The number of carbonyl (C=O) groups is 1. The van der Waals surface area contributed by atoms with E-state index in [-0.39, 0.29) is 30.0 Å². The summed E-state index contributed by atoms with van der Waals surface area (Å²) in [5, 5.41) is 3.79. The summed E-state index contributed by atoms with van der Waals surface area (Å²) >= 11 is 0. The van der Waals surface area contributed by atoms with Gasteiger partial charge in [0, 0.05) is 18.4 Å². The van der Waals surface area contributed by atoms with E-state index in [2.05, 4.69) is 5.32 Å². The molecule has 0 heterocycles. The Morgan fingerprint density at radius 3 is 2.25 bits per heavy atom. The zero-order chi connectivity index (χ0) is 23.1. The SMILES string of the molecule is CC(C)OC(=O)C[C@H]1CCCC[C@@H](NCC2CCCCC2)[C@@H]1c1ccc(C(F)(F)F)cc1. The van der Waals surface area contributed by atoms with Crippen LogP contribution in [0.4, 0.5) is 13.2 Å². The van der Waals surface area contributed by atoms with Gasteiger partial charge in [0.25, 0.3) is 0 Å². The van der Waals surface area contributed by atoms with Crippen LogP contribution in [0.25, 0.3) is 0 Å². The van der Waals surface area contributed by atoms with E-state index in [1.807, 2.05) is 13.8 Å². The van der Waals surface area contributed by atoms with Gasteiger partial charge >= 0.3 is 12.1 Å². The summed E-state index contributed by atoms with van der Waals surface area (Å²) in [6, 6.07) is 5.76. The minimum atomic E-state index is -4.35.